The number of piperidine rings is 1. The van der Waals surface area contributed by atoms with Gasteiger partial charge in [-0.2, -0.15) is 0 Å². The highest BCUT2D eigenvalue weighted by molar-refractivity contribution is 6.03. The highest BCUT2D eigenvalue weighted by Crippen LogP contribution is 2.40. The van der Waals surface area contributed by atoms with Crippen LogP contribution in [0.5, 0.6) is 5.75 Å². The number of imidazole rings is 1. The number of aliphatic hydroxyl groups is 1. The predicted octanol–water partition coefficient (Wildman–Crippen LogP) is 3.59. The topological polar surface area (TPSA) is 84.1 Å². The Morgan fingerprint density at radius 3 is 2.81 bits per heavy atom. The Morgan fingerprint density at radius 1 is 1.25 bits per heavy atom. The van der Waals surface area contributed by atoms with E-state index < -0.39 is 5.72 Å². The second-order valence-corrected chi connectivity index (χ2v) is 8.98. The average molecular weight is 492 g/mol. The van der Waals surface area contributed by atoms with E-state index in [4.69, 9.17) is 9.57 Å². The van der Waals surface area contributed by atoms with Crippen LogP contribution in [-0.2, 0) is 10.6 Å². The largest absolute Gasteiger partial charge is 0.495 e. The molecule has 1 atom stereocenters. The van der Waals surface area contributed by atoms with Crippen LogP contribution in [0.15, 0.2) is 65.7 Å². The van der Waals surface area contributed by atoms with Crippen molar-refractivity contribution in [1.29, 1.82) is 0 Å². The van der Waals surface area contributed by atoms with Crippen LogP contribution in [0, 0.1) is 12.7 Å². The summed E-state index contributed by atoms with van der Waals surface area (Å²) in [6, 6.07) is 12.4. The van der Waals surface area contributed by atoms with Crippen molar-refractivity contribution in [2.75, 3.05) is 33.4 Å². The molecule has 0 unspecified atom stereocenters. The van der Waals surface area contributed by atoms with Crippen LogP contribution in [0.25, 0.3) is 11.8 Å². The van der Waals surface area contributed by atoms with Crippen molar-refractivity contribution in [3.63, 3.8) is 0 Å². The minimum absolute atomic E-state index is 0.00877. The maximum Gasteiger partial charge on any atom is 0.249 e. The number of amidine groups is 1. The first-order valence-electron chi connectivity index (χ1n) is 12.1. The maximum atomic E-state index is 13.7. The molecule has 2 aromatic carbocycles. The lowest BCUT2D eigenvalue weighted by Gasteiger charge is -2.40. The van der Waals surface area contributed by atoms with E-state index in [1.54, 1.807) is 25.6 Å². The number of ether oxygens (including phenoxy) is 1. The first kappa shape index (κ1) is 24.0. The number of hydrogen-bond acceptors (Lipinski definition) is 7. The molecule has 2 aliphatic heterocycles. The zero-order valence-corrected chi connectivity index (χ0v) is 20.4. The minimum atomic E-state index is -0.918. The molecular formula is C27H30FN5O3. The Kier molecular flexibility index (Phi) is 6.75. The van der Waals surface area contributed by atoms with Gasteiger partial charge in [0.05, 0.1) is 38.0 Å². The fourth-order valence-corrected chi connectivity index (χ4v) is 4.82. The number of aryl methyl sites for hydroxylation is 1. The lowest BCUT2D eigenvalue weighted by Crippen LogP contribution is -2.54. The number of methoxy groups -OCH3 is 1. The van der Waals surface area contributed by atoms with E-state index >= 15 is 0 Å². The van der Waals surface area contributed by atoms with Crippen LogP contribution in [0.3, 0.4) is 0 Å². The molecule has 8 nitrogen and oxygen atoms in total. The zero-order valence-electron chi connectivity index (χ0n) is 20.4. The number of aliphatic hydroxyl groups excluding tert-OH is 1. The quantitative estimate of drug-likeness (QED) is 0.469. The summed E-state index contributed by atoms with van der Waals surface area (Å²) in [6.45, 7) is 3.52. The van der Waals surface area contributed by atoms with Gasteiger partial charge in [-0.05, 0) is 61.2 Å². The summed E-state index contributed by atoms with van der Waals surface area (Å²) in [5, 5.41) is 17.0. The number of nitrogens with one attached hydrogen (secondary N) is 1. The van der Waals surface area contributed by atoms with E-state index in [0.717, 1.165) is 59.1 Å². The molecule has 1 fully saturated rings. The number of nitrogens with zero attached hydrogens (tertiary/aromatic N) is 4. The van der Waals surface area contributed by atoms with Gasteiger partial charge in [0.2, 0.25) is 5.72 Å². The van der Waals surface area contributed by atoms with Crippen LogP contribution in [0.2, 0.25) is 0 Å². The van der Waals surface area contributed by atoms with E-state index in [9.17, 15) is 9.50 Å². The number of benzene rings is 2. The summed E-state index contributed by atoms with van der Waals surface area (Å²) in [5.74, 6) is 1.20. The Hall–Kier alpha value is -3.69. The fourth-order valence-electron chi connectivity index (χ4n) is 4.82. The number of rotatable bonds is 8. The molecule has 0 amide bonds. The SMILES string of the molecule is COc1cc(/C=C2\CCCN3C2=NO[C@]3(CNCCO)c2ccc(F)cc2)ccc1-n1cnc(C)c1. The summed E-state index contributed by atoms with van der Waals surface area (Å²) in [5.41, 5.74) is 3.78. The maximum absolute atomic E-state index is 13.7. The second kappa shape index (κ2) is 10.1. The molecule has 2 aliphatic rings. The number of halogens is 1. The smallest absolute Gasteiger partial charge is 0.249 e. The third-order valence-corrected chi connectivity index (χ3v) is 6.57. The molecule has 0 bridgehead atoms. The highest BCUT2D eigenvalue weighted by atomic mass is 19.1. The average Bonchev–Trinajstić information content (AvgIpc) is 3.49. The van der Waals surface area contributed by atoms with Gasteiger partial charge in [-0.1, -0.05) is 23.4 Å². The van der Waals surface area contributed by atoms with Crippen LogP contribution < -0.4 is 10.1 Å². The van der Waals surface area contributed by atoms with Gasteiger partial charge in [-0.3, -0.25) is 0 Å². The van der Waals surface area contributed by atoms with Gasteiger partial charge in [-0.15, -0.1) is 0 Å². The molecule has 1 saturated heterocycles. The second-order valence-electron chi connectivity index (χ2n) is 8.98. The van der Waals surface area contributed by atoms with E-state index in [1.807, 2.05) is 35.9 Å². The summed E-state index contributed by atoms with van der Waals surface area (Å²) >= 11 is 0. The highest BCUT2D eigenvalue weighted by Gasteiger charge is 2.49. The lowest BCUT2D eigenvalue weighted by molar-refractivity contribution is -0.105. The molecule has 0 spiro atoms. The molecule has 5 rings (SSSR count). The van der Waals surface area contributed by atoms with Gasteiger partial charge in [0.25, 0.3) is 0 Å². The number of aromatic nitrogens is 2. The normalized spacial score (nSPS) is 20.3. The molecule has 1 aromatic heterocycles. The Labute approximate surface area is 209 Å². The molecular weight excluding hydrogens is 461 g/mol. The molecule has 188 valence electrons. The standard InChI is InChI=1S/C27H30FN5O3/c1-19-16-32(18-30-19)24-10-5-20(15-25(24)35-2)14-21-4-3-12-33-26(21)31-36-27(33,17-29-11-13-34)22-6-8-23(28)9-7-22/h5-10,14-16,18,29,34H,3-4,11-13,17H2,1-2H3/b21-14+/t27-/m1/s1. The molecule has 3 heterocycles. The van der Waals surface area contributed by atoms with Crippen LogP contribution in [0.4, 0.5) is 4.39 Å². The van der Waals surface area contributed by atoms with E-state index in [0.29, 0.717) is 13.1 Å². The Balaban J connectivity index is 1.46. The third kappa shape index (κ3) is 4.47. The first-order valence-corrected chi connectivity index (χ1v) is 12.1. The molecule has 0 aliphatic carbocycles. The van der Waals surface area contributed by atoms with Gasteiger partial charge in [0.15, 0.2) is 5.84 Å². The summed E-state index contributed by atoms with van der Waals surface area (Å²) in [6.07, 6.45) is 7.61. The van der Waals surface area contributed by atoms with E-state index in [2.05, 4.69) is 26.4 Å². The van der Waals surface area contributed by atoms with Crippen molar-refractivity contribution in [3.05, 3.63) is 83.2 Å². The summed E-state index contributed by atoms with van der Waals surface area (Å²) < 4.78 is 21.3. The van der Waals surface area contributed by atoms with Crippen molar-refractivity contribution in [3.8, 4) is 11.4 Å². The predicted molar refractivity (Wildman–Crippen MR) is 135 cm³/mol. The fraction of sp³-hybridized carbons (Fsp3) is 0.333. The number of hydrogen-bond donors (Lipinski definition) is 2. The van der Waals surface area contributed by atoms with Gasteiger partial charge >= 0.3 is 0 Å². The Bertz CT molecular complexity index is 1290. The van der Waals surface area contributed by atoms with E-state index in [1.165, 1.54) is 12.1 Å². The molecule has 0 radical (unpaired) electrons. The van der Waals surface area contributed by atoms with Gasteiger partial charge in [-0.25, -0.2) is 9.37 Å². The summed E-state index contributed by atoms with van der Waals surface area (Å²) in [7, 11) is 1.66. The monoisotopic (exact) mass is 491 g/mol. The lowest BCUT2D eigenvalue weighted by atomic mass is 9.94. The zero-order chi connectivity index (χ0) is 25.1. The molecule has 2 N–H and O–H groups in total. The van der Waals surface area contributed by atoms with Crippen LogP contribution >= 0.6 is 0 Å². The van der Waals surface area contributed by atoms with Crippen molar-refractivity contribution in [2.24, 2.45) is 5.16 Å². The number of oxime groups is 1. The number of fused-ring (bicyclic) bond motifs is 1. The Morgan fingerprint density at radius 2 is 2.08 bits per heavy atom. The first-order chi connectivity index (χ1) is 17.5. The van der Waals surface area contributed by atoms with Crippen molar-refractivity contribution in [1.82, 2.24) is 19.8 Å². The minimum Gasteiger partial charge on any atom is -0.495 e. The summed E-state index contributed by atoms with van der Waals surface area (Å²) in [4.78, 5) is 12.6. The van der Waals surface area contributed by atoms with Crippen molar-refractivity contribution < 1.29 is 19.1 Å². The molecule has 9 heteroatoms. The van der Waals surface area contributed by atoms with Crippen LogP contribution in [0.1, 0.15) is 29.7 Å². The van der Waals surface area contributed by atoms with Crippen molar-refractivity contribution >= 4 is 11.9 Å². The molecule has 36 heavy (non-hydrogen) atoms. The molecule has 0 saturated carbocycles. The van der Waals surface area contributed by atoms with Crippen molar-refractivity contribution in [2.45, 2.75) is 25.5 Å². The molecule has 3 aromatic rings. The van der Waals surface area contributed by atoms with Crippen LogP contribution in [-0.4, -0.2) is 58.7 Å². The van der Waals surface area contributed by atoms with Gasteiger partial charge in [0.1, 0.15) is 11.6 Å². The van der Waals surface area contributed by atoms with Gasteiger partial charge < -0.3 is 29.5 Å². The van der Waals surface area contributed by atoms with Gasteiger partial charge in [0, 0.05) is 24.8 Å². The van der Waals surface area contributed by atoms with E-state index in [-0.39, 0.29) is 12.4 Å². The third-order valence-electron chi connectivity index (χ3n) is 6.57.